The number of β-amino-alcohol motifs (C(OH)–C–C–N with tert-alkyl or cyclic N) is 1. The topological polar surface area (TPSA) is 93.0 Å². The molecule has 5 nitrogen and oxygen atoms in total. The Labute approximate surface area is 83.4 Å². The standard InChI is InChI=1S/C9H19NO4/c11-3-1-2-7-6(5-12)9(14)8(13)4-10-7/h6-14H,1-5H2/t6-,7-,8+,9+/m0/s1. The fraction of sp³-hybridized carbons (Fsp3) is 1.00. The number of nitrogens with one attached hydrogen (secondary N) is 1. The van der Waals surface area contributed by atoms with Gasteiger partial charge in [-0.3, -0.25) is 0 Å². The van der Waals surface area contributed by atoms with Gasteiger partial charge in [-0.15, -0.1) is 0 Å². The fourth-order valence-electron chi connectivity index (χ4n) is 1.93. The number of rotatable bonds is 4. The van der Waals surface area contributed by atoms with Crippen molar-refractivity contribution in [3.8, 4) is 0 Å². The Morgan fingerprint density at radius 1 is 1.21 bits per heavy atom. The van der Waals surface area contributed by atoms with Crippen LogP contribution in [0.3, 0.4) is 0 Å². The van der Waals surface area contributed by atoms with Crippen LogP contribution in [0.1, 0.15) is 12.8 Å². The van der Waals surface area contributed by atoms with E-state index in [4.69, 9.17) is 10.2 Å². The Morgan fingerprint density at radius 3 is 2.50 bits per heavy atom. The molecule has 1 aliphatic rings. The quantitative estimate of drug-likeness (QED) is 0.368. The summed E-state index contributed by atoms with van der Waals surface area (Å²) in [6, 6.07) is -0.0226. The highest BCUT2D eigenvalue weighted by Gasteiger charge is 2.36. The predicted molar refractivity (Wildman–Crippen MR) is 50.7 cm³/mol. The first kappa shape index (κ1) is 11.9. The van der Waals surface area contributed by atoms with E-state index in [0.29, 0.717) is 19.4 Å². The van der Waals surface area contributed by atoms with E-state index < -0.39 is 12.2 Å². The molecule has 1 rings (SSSR count). The predicted octanol–water partition coefficient (Wildman–Crippen LogP) is -1.94. The van der Waals surface area contributed by atoms with Gasteiger partial charge in [0.25, 0.3) is 0 Å². The summed E-state index contributed by atoms with van der Waals surface area (Å²) < 4.78 is 0. The molecule has 0 aliphatic carbocycles. The molecule has 1 aliphatic heterocycles. The van der Waals surface area contributed by atoms with Gasteiger partial charge in [0.05, 0.1) is 12.2 Å². The third-order valence-corrected chi connectivity index (χ3v) is 2.82. The monoisotopic (exact) mass is 205 g/mol. The van der Waals surface area contributed by atoms with Gasteiger partial charge in [0, 0.05) is 31.7 Å². The van der Waals surface area contributed by atoms with Crippen molar-refractivity contribution in [2.45, 2.75) is 31.1 Å². The Balaban J connectivity index is 2.48. The van der Waals surface area contributed by atoms with Crippen molar-refractivity contribution in [1.82, 2.24) is 5.32 Å². The summed E-state index contributed by atoms with van der Waals surface area (Å²) in [7, 11) is 0. The number of aliphatic hydroxyl groups is 4. The Morgan fingerprint density at radius 2 is 1.93 bits per heavy atom. The maximum Gasteiger partial charge on any atom is 0.0927 e. The van der Waals surface area contributed by atoms with Gasteiger partial charge in [-0.2, -0.15) is 0 Å². The van der Waals surface area contributed by atoms with E-state index in [1.807, 2.05) is 0 Å². The smallest absolute Gasteiger partial charge is 0.0927 e. The van der Waals surface area contributed by atoms with Crippen LogP contribution in [0.4, 0.5) is 0 Å². The molecule has 1 saturated heterocycles. The number of aliphatic hydroxyl groups excluding tert-OH is 4. The second-order valence-electron chi connectivity index (χ2n) is 3.78. The molecular formula is C9H19NO4. The lowest BCUT2D eigenvalue weighted by Gasteiger charge is -2.38. The molecule has 14 heavy (non-hydrogen) atoms. The molecule has 0 aromatic rings. The molecule has 0 aromatic heterocycles. The van der Waals surface area contributed by atoms with Crippen LogP contribution in [0.15, 0.2) is 0 Å². The molecule has 0 bridgehead atoms. The van der Waals surface area contributed by atoms with Gasteiger partial charge in [-0.25, -0.2) is 0 Å². The lowest BCUT2D eigenvalue weighted by molar-refractivity contribution is -0.0682. The molecule has 1 heterocycles. The van der Waals surface area contributed by atoms with Crippen LogP contribution in [0.5, 0.6) is 0 Å². The van der Waals surface area contributed by atoms with Crippen molar-refractivity contribution in [3.05, 3.63) is 0 Å². The third-order valence-electron chi connectivity index (χ3n) is 2.82. The van der Waals surface area contributed by atoms with E-state index in [0.717, 1.165) is 0 Å². The second-order valence-corrected chi connectivity index (χ2v) is 3.78. The number of piperidine rings is 1. The van der Waals surface area contributed by atoms with E-state index in [-0.39, 0.29) is 25.2 Å². The molecule has 0 unspecified atom stereocenters. The van der Waals surface area contributed by atoms with E-state index in [2.05, 4.69) is 5.32 Å². The third kappa shape index (κ3) is 2.65. The van der Waals surface area contributed by atoms with Gasteiger partial charge in [0.15, 0.2) is 0 Å². The highest BCUT2D eigenvalue weighted by atomic mass is 16.3. The minimum absolute atomic E-state index is 0.0226. The van der Waals surface area contributed by atoms with Gasteiger partial charge in [-0.05, 0) is 12.8 Å². The molecular weight excluding hydrogens is 186 g/mol. The fourth-order valence-corrected chi connectivity index (χ4v) is 1.93. The minimum Gasteiger partial charge on any atom is -0.396 e. The summed E-state index contributed by atoms with van der Waals surface area (Å²) in [5, 5.41) is 39.7. The average molecular weight is 205 g/mol. The Bertz CT molecular complexity index is 165. The first-order chi connectivity index (χ1) is 6.70. The zero-order valence-electron chi connectivity index (χ0n) is 8.13. The zero-order valence-corrected chi connectivity index (χ0v) is 8.13. The highest BCUT2D eigenvalue weighted by molar-refractivity contribution is 4.91. The summed E-state index contributed by atoms with van der Waals surface area (Å²) >= 11 is 0. The van der Waals surface area contributed by atoms with Crippen LogP contribution in [0.2, 0.25) is 0 Å². The molecule has 0 amide bonds. The lowest BCUT2D eigenvalue weighted by atomic mass is 9.85. The minimum atomic E-state index is -0.870. The van der Waals surface area contributed by atoms with Crippen LogP contribution in [0.25, 0.3) is 0 Å². The van der Waals surface area contributed by atoms with Crippen molar-refractivity contribution in [1.29, 1.82) is 0 Å². The molecule has 5 N–H and O–H groups in total. The first-order valence-electron chi connectivity index (χ1n) is 5.02. The molecule has 5 heteroatoms. The average Bonchev–Trinajstić information content (AvgIpc) is 2.20. The first-order valence-corrected chi connectivity index (χ1v) is 5.02. The van der Waals surface area contributed by atoms with Crippen LogP contribution >= 0.6 is 0 Å². The number of hydrogen-bond acceptors (Lipinski definition) is 5. The SMILES string of the molecule is OCCC[C@@H]1NC[C@@H](O)[C@H](O)[C@H]1CO. The van der Waals surface area contributed by atoms with Crippen molar-refractivity contribution in [3.63, 3.8) is 0 Å². The Kier molecular flexibility index (Phi) is 4.77. The van der Waals surface area contributed by atoms with E-state index in [9.17, 15) is 10.2 Å². The van der Waals surface area contributed by atoms with Crippen molar-refractivity contribution in [2.24, 2.45) is 5.92 Å². The summed E-state index contributed by atoms with van der Waals surface area (Å²) in [5.74, 6) is -0.342. The summed E-state index contributed by atoms with van der Waals surface area (Å²) in [6.45, 7) is 0.296. The molecule has 0 saturated carbocycles. The van der Waals surface area contributed by atoms with Crippen LogP contribution in [-0.2, 0) is 0 Å². The van der Waals surface area contributed by atoms with Crippen molar-refractivity contribution >= 4 is 0 Å². The second kappa shape index (κ2) is 5.63. The highest BCUT2D eigenvalue weighted by Crippen LogP contribution is 2.20. The van der Waals surface area contributed by atoms with Gasteiger partial charge in [0.2, 0.25) is 0 Å². The molecule has 4 atom stereocenters. The molecule has 0 radical (unpaired) electrons. The molecule has 1 fully saturated rings. The van der Waals surface area contributed by atoms with E-state index in [1.54, 1.807) is 0 Å². The summed E-state index contributed by atoms with van der Waals surface area (Å²) in [4.78, 5) is 0. The largest absolute Gasteiger partial charge is 0.396 e. The maximum atomic E-state index is 9.59. The molecule has 0 aromatic carbocycles. The van der Waals surface area contributed by atoms with Crippen molar-refractivity contribution in [2.75, 3.05) is 19.8 Å². The van der Waals surface area contributed by atoms with Gasteiger partial charge in [-0.1, -0.05) is 0 Å². The Hall–Kier alpha value is -0.200. The maximum absolute atomic E-state index is 9.59. The van der Waals surface area contributed by atoms with E-state index >= 15 is 0 Å². The summed E-state index contributed by atoms with van der Waals surface area (Å²) in [5.41, 5.74) is 0. The normalized spacial score (nSPS) is 38.6. The van der Waals surface area contributed by atoms with Gasteiger partial charge >= 0.3 is 0 Å². The van der Waals surface area contributed by atoms with Crippen LogP contribution in [0, 0.1) is 5.92 Å². The summed E-state index contributed by atoms with van der Waals surface area (Å²) in [6.07, 6.45) is -0.342. The van der Waals surface area contributed by atoms with E-state index in [1.165, 1.54) is 0 Å². The van der Waals surface area contributed by atoms with Gasteiger partial charge in [0.1, 0.15) is 0 Å². The lowest BCUT2D eigenvalue weighted by Crippen LogP contribution is -2.57. The van der Waals surface area contributed by atoms with Crippen LogP contribution < -0.4 is 5.32 Å². The molecule has 84 valence electrons. The van der Waals surface area contributed by atoms with Gasteiger partial charge < -0.3 is 25.7 Å². The molecule has 0 spiro atoms. The number of hydrogen-bond donors (Lipinski definition) is 5. The van der Waals surface area contributed by atoms with Crippen molar-refractivity contribution < 1.29 is 20.4 Å². The zero-order chi connectivity index (χ0) is 10.6. The van der Waals surface area contributed by atoms with Crippen LogP contribution in [-0.4, -0.2) is 58.4 Å².